The first-order valence-corrected chi connectivity index (χ1v) is 9.48. The average Bonchev–Trinajstić information content (AvgIpc) is 3.37. The van der Waals surface area contributed by atoms with E-state index in [1.54, 1.807) is 7.11 Å². The van der Waals surface area contributed by atoms with Crippen LogP contribution in [-0.2, 0) is 6.54 Å². The summed E-state index contributed by atoms with van der Waals surface area (Å²) in [6.45, 7) is 3.00. The highest BCUT2D eigenvalue weighted by Gasteiger charge is 2.17. The fourth-order valence-corrected chi connectivity index (χ4v) is 3.60. The summed E-state index contributed by atoms with van der Waals surface area (Å²) in [6, 6.07) is 20.1. The maximum Gasteiger partial charge on any atom is 0.231 e. The summed E-state index contributed by atoms with van der Waals surface area (Å²) >= 11 is 0. The minimum absolute atomic E-state index is 0.278. The monoisotopic (exact) mass is 387 g/mol. The Morgan fingerprint density at radius 2 is 1.86 bits per heavy atom. The zero-order valence-corrected chi connectivity index (χ0v) is 16.3. The lowest BCUT2D eigenvalue weighted by atomic mass is 10.1. The summed E-state index contributed by atoms with van der Waals surface area (Å²) in [5.41, 5.74) is 5.07. The first kappa shape index (κ1) is 17.4. The van der Waals surface area contributed by atoms with Crippen molar-refractivity contribution in [2.75, 3.05) is 19.2 Å². The van der Waals surface area contributed by atoms with Crippen molar-refractivity contribution in [1.82, 2.24) is 9.38 Å². The van der Waals surface area contributed by atoms with Crippen molar-refractivity contribution < 1.29 is 14.2 Å². The fourth-order valence-electron chi connectivity index (χ4n) is 3.60. The van der Waals surface area contributed by atoms with Gasteiger partial charge in [0, 0.05) is 17.8 Å². The molecule has 2 aromatic carbocycles. The summed E-state index contributed by atoms with van der Waals surface area (Å²) in [5.74, 6) is 3.36. The molecule has 6 heteroatoms. The molecule has 1 aliphatic heterocycles. The van der Waals surface area contributed by atoms with Gasteiger partial charge in [-0.1, -0.05) is 12.1 Å². The van der Waals surface area contributed by atoms with Crippen LogP contribution in [0.4, 0.5) is 5.82 Å². The van der Waals surface area contributed by atoms with Gasteiger partial charge in [0.25, 0.3) is 0 Å². The van der Waals surface area contributed by atoms with Gasteiger partial charge in [0.2, 0.25) is 6.79 Å². The molecule has 1 N–H and O–H groups in total. The van der Waals surface area contributed by atoms with Gasteiger partial charge in [0.05, 0.1) is 7.11 Å². The summed E-state index contributed by atoms with van der Waals surface area (Å²) in [5, 5.41) is 3.58. The van der Waals surface area contributed by atoms with Gasteiger partial charge in [0.1, 0.15) is 22.9 Å². The Kier molecular flexibility index (Phi) is 4.24. The molecule has 0 spiro atoms. The maximum absolute atomic E-state index is 5.50. The van der Waals surface area contributed by atoms with E-state index in [1.807, 2.05) is 54.6 Å². The summed E-state index contributed by atoms with van der Waals surface area (Å²) < 4.78 is 18.3. The Labute approximate surface area is 168 Å². The molecular weight excluding hydrogens is 366 g/mol. The van der Waals surface area contributed by atoms with E-state index >= 15 is 0 Å². The van der Waals surface area contributed by atoms with Crippen molar-refractivity contribution in [2.24, 2.45) is 0 Å². The predicted octanol–water partition coefficient (Wildman–Crippen LogP) is 4.66. The lowest BCUT2D eigenvalue weighted by Crippen LogP contribution is -2.05. The number of hydrogen-bond donors (Lipinski definition) is 1. The van der Waals surface area contributed by atoms with Gasteiger partial charge < -0.3 is 19.5 Å². The van der Waals surface area contributed by atoms with Crippen LogP contribution in [0, 0.1) is 6.92 Å². The van der Waals surface area contributed by atoms with E-state index in [0.717, 1.165) is 51.2 Å². The molecule has 4 aromatic rings. The minimum Gasteiger partial charge on any atom is -0.497 e. The largest absolute Gasteiger partial charge is 0.497 e. The standard InChI is InChI=1S/C23H21N3O3/c1-15-4-3-5-21-25-22(17-7-9-18(27-2)10-8-17)23(26(15)21)24-13-16-6-11-19-20(12-16)29-14-28-19/h3-12,24H,13-14H2,1-2H3. The molecule has 0 amide bonds. The van der Waals surface area contributed by atoms with Crippen molar-refractivity contribution in [1.29, 1.82) is 0 Å². The molecule has 0 aliphatic carbocycles. The first-order valence-electron chi connectivity index (χ1n) is 9.48. The number of fused-ring (bicyclic) bond motifs is 2. The molecule has 0 atom stereocenters. The first-order chi connectivity index (χ1) is 14.2. The van der Waals surface area contributed by atoms with Crippen LogP contribution in [0.15, 0.2) is 60.7 Å². The number of aryl methyl sites for hydroxylation is 1. The molecule has 0 bridgehead atoms. The van der Waals surface area contributed by atoms with Crippen LogP contribution in [0.2, 0.25) is 0 Å². The number of nitrogens with zero attached hydrogens (tertiary/aromatic N) is 2. The molecule has 0 saturated carbocycles. The smallest absolute Gasteiger partial charge is 0.231 e. The Morgan fingerprint density at radius 1 is 1.03 bits per heavy atom. The zero-order chi connectivity index (χ0) is 19.8. The van der Waals surface area contributed by atoms with Gasteiger partial charge in [-0.25, -0.2) is 4.98 Å². The minimum atomic E-state index is 0.278. The second-order valence-corrected chi connectivity index (χ2v) is 6.94. The van der Waals surface area contributed by atoms with Gasteiger partial charge in [-0.3, -0.25) is 4.40 Å². The van der Waals surface area contributed by atoms with Crippen molar-refractivity contribution in [3.8, 4) is 28.5 Å². The summed E-state index contributed by atoms with van der Waals surface area (Å²) in [4.78, 5) is 4.88. The lowest BCUT2D eigenvalue weighted by molar-refractivity contribution is 0.174. The molecule has 3 heterocycles. The number of benzene rings is 2. The third-order valence-corrected chi connectivity index (χ3v) is 5.10. The van der Waals surface area contributed by atoms with Crippen LogP contribution in [0.1, 0.15) is 11.3 Å². The van der Waals surface area contributed by atoms with E-state index < -0.39 is 0 Å². The fraction of sp³-hybridized carbons (Fsp3) is 0.174. The van der Waals surface area contributed by atoms with Gasteiger partial charge in [-0.05, 0) is 61.0 Å². The van der Waals surface area contributed by atoms with Crippen molar-refractivity contribution in [3.05, 3.63) is 71.9 Å². The van der Waals surface area contributed by atoms with Crippen molar-refractivity contribution in [3.63, 3.8) is 0 Å². The molecule has 6 nitrogen and oxygen atoms in total. The molecule has 5 rings (SSSR count). The second kappa shape index (κ2) is 7.05. The van der Waals surface area contributed by atoms with Crippen molar-refractivity contribution >= 4 is 11.5 Å². The van der Waals surface area contributed by atoms with Gasteiger partial charge in [-0.2, -0.15) is 0 Å². The second-order valence-electron chi connectivity index (χ2n) is 6.94. The number of ether oxygens (including phenoxy) is 3. The molecule has 0 fully saturated rings. The van der Waals surface area contributed by atoms with Crippen molar-refractivity contribution in [2.45, 2.75) is 13.5 Å². The van der Waals surface area contributed by atoms with Crippen LogP contribution in [0.5, 0.6) is 17.2 Å². The van der Waals surface area contributed by atoms with Crippen LogP contribution in [-0.4, -0.2) is 23.3 Å². The van der Waals surface area contributed by atoms with E-state index in [2.05, 4.69) is 22.7 Å². The Morgan fingerprint density at radius 3 is 2.69 bits per heavy atom. The molecule has 1 aliphatic rings. The normalized spacial score (nSPS) is 12.3. The molecule has 146 valence electrons. The summed E-state index contributed by atoms with van der Waals surface area (Å²) in [7, 11) is 1.67. The number of rotatable bonds is 5. The number of pyridine rings is 1. The lowest BCUT2D eigenvalue weighted by Gasteiger charge is -2.11. The Hall–Kier alpha value is -3.67. The molecule has 0 radical (unpaired) electrons. The molecule has 0 unspecified atom stereocenters. The van der Waals surface area contributed by atoms with Crippen LogP contribution >= 0.6 is 0 Å². The maximum atomic E-state index is 5.50. The number of imidazole rings is 1. The average molecular weight is 387 g/mol. The highest BCUT2D eigenvalue weighted by molar-refractivity contribution is 5.77. The molecule has 0 saturated heterocycles. The van der Waals surface area contributed by atoms with Crippen LogP contribution in [0.3, 0.4) is 0 Å². The Bertz CT molecular complexity index is 1180. The topological polar surface area (TPSA) is 57.0 Å². The number of anilines is 1. The predicted molar refractivity (Wildman–Crippen MR) is 112 cm³/mol. The van der Waals surface area contributed by atoms with Gasteiger partial charge in [0.15, 0.2) is 11.5 Å². The number of methoxy groups -OCH3 is 1. The Balaban J connectivity index is 1.54. The third-order valence-electron chi connectivity index (χ3n) is 5.10. The van der Waals surface area contributed by atoms with Crippen LogP contribution in [0.25, 0.3) is 16.9 Å². The number of nitrogens with one attached hydrogen (secondary N) is 1. The molecule has 29 heavy (non-hydrogen) atoms. The highest BCUT2D eigenvalue weighted by Crippen LogP contribution is 2.34. The van der Waals surface area contributed by atoms with E-state index in [4.69, 9.17) is 19.2 Å². The van der Waals surface area contributed by atoms with Gasteiger partial charge >= 0.3 is 0 Å². The third kappa shape index (κ3) is 3.12. The number of hydrogen-bond acceptors (Lipinski definition) is 5. The van der Waals surface area contributed by atoms with E-state index in [1.165, 1.54) is 0 Å². The van der Waals surface area contributed by atoms with Crippen LogP contribution < -0.4 is 19.5 Å². The molecular formula is C23H21N3O3. The highest BCUT2D eigenvalue weighted by atomic mass is 16.7. The zero-order valence-electron chi connectivity index (χ0n) is 16.3. The number of aromatic nitrogens is 2. The van der Waals surface area contributed by atoms with E-state index in [-0.39, 0.29) is 6.79 Å². The van der Waals surface area contributed by atoms with Gasteiger partial charge in [-0.15, -0.1) is 0 Å². The van der Waals surface area contributed by atoms with E-state index in [0.29, 0.717) is 6.54 Å². The quantitative estimate of drug-likeness (QED) is 0.540. The van der Waals surface area contributed by atoms with E-state index in [9.17, 15) is 0 Å². The SMILES string of the molecule is COc1ccc(-c2nc3cccc(C)n3c2NCc2ccc3c(c2)OCO3)cc1. The molecule has 2 aromatic heterocycles. The summed E-state index contributed by atoms with van der Waals surface area (Å²) in [6.07, 6.45) is 0.